The van der Waals surface area contributed by atoms with Crippen LogP contribution < -0.4 is 20.3 Å². The lowest BCUT2D eigenvalue weighted by Gasteiger charge is -2.51. The number of hydrogen-bond donors (Lipinski definition) is 3. The van der Waals surface area contributed by atoms with Gasteiger partial charge in [0.2, 0.25) is 0 Å². The molecular weight excluding hydrogens is 547 g/mol. The molecule has 3 heterocycles. The van der Waals surface area contributed by atoms with Crippen LogP contribution in [0.3, 0.4) is 0 Å². The number of ether oxygens (including phenoxy) is 1. The van der Waals surface area contributed by atoms with E-state index in [0.717, 1.165) is 10.7 Å². The number of nitrogens with one attached hydrogen (secondary N) is 2. The Bertz CT molecular complexity index is 1590. The third kappa shape index (κ3) is 4.72. The van der Waals surface area contributed by atoms with Crippen LogP contribution in [0, 0.1) is 16.6 Å². The van der Waals surface area contributed by atoms with Crippen LogP contribution in [0.25, 0.3) is 5.65 Å². The van der Waals surface area contributed by atoms with E-state index in [0.29, 0.717) is 68.6 Å². The molecule has 1 aliphatic heterocycles. The van der Waals surface area contributed by atoms with Gasteiger partial charge in [0, 0.05) is 25.7 Å². The molecule has 0 atom stereocenters. The van der Waals surface area contributed by atoms with Crippen molar-refractivity contribution in [3.05, 3.63) is 53.2 Å². The fraction of sp³-hybridized carbons (Fsp3) is 0.448. The number of carbonyl (C=O) groups is 4. The zero-order chi connectivity index (χ0) is 29.6. The van der Waals surface area contributed by atoms with E-state index >= 15 is 0 Å². The number of amides is 3. The molecule has 2 aromatic heterocycles. The summed E-state index contributed by atoms with van der Waals surface area (Å²) in [5.41, 5.74) is 0.0299. The second-order valence-electron chi connectivity index (χ2n) is 11.4. The van der Waals surface area contributed by atoms with E-state index in [1.165, 1.54) is 6.07 Å². The molecule has 4 aliphatic rings. The van der Waals surface area contributed by atoms with Gasteiger partial charge in [0.25, 0.3) is 17.7 Å². The second kappa shape index (κ2) is 10.4. The Morgan fingerprint density at radius 3 is 2.50 bits per heavy atom. The van der Waals surface area contributed by atoms with Gasteiger partial charge in [-0.15, -0.1) is 0 Å². The molecule has 220 valence electrons. The van der Waals surface area contributed by atoms with Crippen molar-refractivity contribution in [2.45, 2.75) is 52.0 Å². The van der Waals surface area contributed by atoms with Crippen molar-refractivity contribution in [3.8, 4) is 5.75 Å². The molecule has 0 saturated heterocycles. The van der Waals surface area contributed by atoms with Gasteiger partial charge < -0.3 is 25.4 Å². The van der Waals surface area contributed by atoms with Gasteiger partial charge in [-0.2, -0.15) is 5.10 Å². The van der Waals surface area contributed by atoms with Gasteiger partial charge in [-0.3, -0.25) is 19.2 Å². The molecule has 3 aliphatic carbocycles. The molecule has 3 fully saturated rings. The van der Waals surface area contributed by atoms with Crippen LogP contribution in [0.5, 0.6) is 5.75 Å². The maximum absolute atomic E-state index is 14.5. The highest BCUT2D eigenvalue weighted by Gasteiger charge is 2.52. The van der Waals surface area contributed by atoms with Gasteiger partial charge in [0.15, 0.2) is 18.1 Å². The number of benzene rings is 1. The molecule has 2 bridgehead atoms. The number of halogens is 1. The van der Waals surface area contributed by atoms with Crippen molar-refractivity contribution in [2.75, 3.05) is 24.6 Å². The van der Waals surface area contributed by atoms with Crippen LogP contribution in [-0.2, 0) is 16.1 Å². The number of anilines is 1. The number of fused-ring (bicyclic) bond motifs is 5. The number of carboxylic acid groups (broad SMARTS) is 1. The molecule has 3 saturated carbocycles. The Labute approximate surface area is 240 Å². The summed E-state index contributed by atoms with van der Waals surface area (Å²) < 4.78 is 21.1. The minimum Gasteiger partial charge on any atom is -0.482 e. The summed E-state index contributed by atoms with van der Waals surface area (Å²) in [7, 11) is 0. The van der Waals surface area contributed by atoms with Crippen LogP contribution in [0.2, 0.25) is 0 Å². The lowest BCUT2D eigenvalue weighted by atomic mass is 9.53. The molecule has 42 heavy (non-hydrogen) atoms. The summed E-state index contributed by atoms with van der Waals surface area (Å²) in [6.45, 7) is 2.74. The lowest BCUT2D eigenvalue weighted by Crippen LogP contribution is -2.50. The smallest absolute Gasteiger partial charge is 0.309 e. The van der Waals surface area contributed by atoms with Crippen LogP contribution in [0.15, 0.2) is 30.5 Å². The van der Waals surface area contributed by atoms with E-state index in [1.54, 1.807) is 23.1 Å². The zero-order valence-corrected chi connectivity index (χ0v) is 23.1. The SMILES string of the molecule is CCN1C(=O)COc2ccc(CNC(=O)c3cc(C(=O)NCC45CCC(C(=O)O)(CC4)CC5)n4ncc(F)c4n3)cc21. The van der Waals surface area contributed by atoms with E-state index in [-0.39, 0.29) is 41.5 Å². The van der Waals surface area contributed by atoms with Crippen LogP contribution in [0.4, 0.5) is 10.1 Å². The first kappa shape index (κ1) is 27.6. The topological polar surface area (TPSA) is 155 Å². The number of carbonyl (C=O) groups excluding carboxylic acids is 3. The van der Waals surface area contributed by atoms with E-state index in [1.807, 2.05) is 6.92 Å². The fourth-order valence-electron chi connectivity index (χ4n) is 6.40. The number of aromatic nitrogens is 3. The van der Waals surface area contributed by atoms with E-state index in [2.05, 4.69) is 20.7 Å². The number of likely N-dealkylation sites (N-methyl/N-ethyl adjacent to an activating group) is 1. The van der Waals surface area contributed by atoms with E-state index in [9.17, 15) is 28.7 Å². The third-order valence-electron chi connectivity index (χ3n) is 9.11. The number of nitrogens with zero attached hydrogens (tertiary/aromatic N) is 4. The summed E-state index contributed by atoms with van der Waals surface area (Å²) in [6, 6.07) is 6.54. The molecule has 1 aromatic carbocycles. The number of carboxylic acids is 1. The molecule has 7 rings (SSSR count). The van der Waals surface area contributed by atoms with Gasteiger partial charge in [-0.1, -0.05) is 6.07 Å². The molecule has 3 amide bonds. The Morgan fingerprint density at radius 2 is 1.81 bits per heavy atom. The summed E-state index contributed by atoms with van der Waals surface area (Å²) >= 11 is 0. The highest BCUT2D eigenvalue weighted by Crippen LogP contribution is 2.56. The van der Waals surface area contributed by atoms with Gasteiger partial charge in [-0.25, -0.2) is 13.9 Å². The van der Waals surface area contributed by atoms with Gasteiger partial charge in [-0.05, 0) is 68.6 Å². The Kier molecular flexibility index (Phi) is 6.82. The van der Waals surface area contributed by atoms with Crippen molar-refractivity contribution in [3.63, 3.8) is 0 Å². The maximum atomic E-state index is 14.5. The standard InChI is InChI=1S/C29H31FN6O6/c1-2-35-20-11-17(3-4-22(20)42-15-23(35)37)13-31-25(38)19-12-21(36-24(34-19)18(30)14-33-36)26(39)32-16-28-5-8-29(9-6-28,10-7-28)27(40)41/h3-4,11-12,14H,2,5-10,13,15-16H2,1H3,(H,31,38)(H,32,39)(H,40,41). The average Bonchev–Trinajstić information content (AvgIpc) is 3.39. The fourth-order valence-corrected chi connectivity index (χ4v) is 6.40. The number of aliphatic carboxylic acids is 1. The molecule has 12 nitrogen and oxygen atoms in total. The molecular formula is C29H31FN6O6. The minimum atomic E-state index is -0.777. The lowest BCUT2D eigenvalue weighted by molar-refractivity contribution is -0.158. The van der Waals surface area contributed by atoms with Crippen molar-refractivity contribution < 1.29 is 33.4 Å². The summed E-state index contributed by atoms with van der Waals surface area (Å²) in [6.07, 6.45) is 4.78. The van der Waals surface area contributed by atoms with Crippen molar-refractivity contribution >= 4 is 35.0 Å². The van der Waals surface area contributed by atoms with Gasteiger partial charge in [0.05, 0.1) is 17.3 Å². The number of rotatable bonds is 8. The molecule has 13 heteroatoms. The van der Waals surface area contributed by atoms with Crippen molar-refractivity contribution in [1.29, 1.82) is 0 Å². The highest BCUT2D eigenvalue weighted by molar-refractivity contribution is 5.99. The predicted molar refractivity (Wildman–Crippen MR) is 147 cm³/mol. The normalized spacial score (nSPS) is 22.9. The van der Waals surface area contributed by atoms with Crippen LogP contribution in [0.1, 0.15) is 72.0 Å². The summed E-state index contributed by atoms with van der Waals surface area (Å²) in [5.74, 6) is -2.25. The monoisotopic (exact) mass is 578 g/mol. The first-order valence-corrected chi connectivity index (χ1v) is 14.0. The summed E-state index contributed by atoms with van der Waals surface area (Å²) in [5, 5.41) is 19.3. The zero-order valence-electron chi connectivity index (χ0n) is 23.1. The molecule has 0 spiro atoms. The van der Waals surface area contributed by atoms with E-state index in [4.69, 9.17) is 4.74 Å². The largest absolute Gasteiger partial charge is 0.482 e. The molecule has 0 radical (unpaired) electrons. The second-order valence-corrected chi connectivity index (χ2v) is 11.4. The Hall–Kier alpha value is -4.55. The number of hydrogen-bond acceptors (Lipinski definition) is 7. The molecule has 3 aromatic rings. The predicted octanol–water partition coefficient (Wildman–Crippen LogP) is 2.70. The van der Waals surface area contributed by atoms with Crippen molar-refractivity contribution in [2.24, 2.45) is 10.8 Å². The van der Waals surface area contributed by atoms with E-state index < -0.39 is 29.0 Å². The maximum Gasteiger partial charge on any atom is 0.309 e. The first-order chi connectivity index (χ1) is 20.1. The van der Waals surface area contributed by atoms with Crippen LogP contribution >= 0.6 is 0 Å². The molecule has 0 unspecified atom stereocenters. The first-order valence-electron chi connectivity index (χ1n) is 14.0. The average molecular weight is 579 g/mol. The quantitative estimate of drug-likeness (QED) is 0.369. The Morgan fingerprint density at radius 1 is 1.07 bits per heavy atom. The van der Waals surface area contributed by atoms with Gasteiger partial charge in [0.1, 0.15) is 17.1 Å². The summed E-state index contributed by atoms with van der Waals surface area (Å²) in [4.78, 5) is 56.1. The van der Waals surface area contributed by atoms with Crippen LogP contribution in [-0.4, -0.2) is 63.1 Å². The molecule has 3 N–H and O–H groups in total. The third-order valence-corrected chi connectivity index (χ3v) is 9.11. The van der Waals surface area contributed by atoms with Crippen molar-refractivity contribution in [1.82, 2.24) is 25.2 Å². The highest BCUT2D eigenvalue weighted by atomic mass is 19.1. The minimum absolute atomic E-state index is 0.0292. The van der Waals surface area contributed by atoms with Gasteiger partial charge >= 0.3 is 5.97 Å². The Balaban J connectivity index is 1.17.